The minimum atomic E-state index is -3.24. The van der Waals surface area contributed by atoms with E-state index in [-0.39, 0.29) is 11.3 Å². The van der Waals surface area contributed by atoms with Gasteiger partial charge < -0.3 is 9.13 Å². The Morgan fingerprint density at radius 1 is 1.20 bits per heavy atom. The van der Waals surface area contributed by atoms with Crippen molar-refractivity contribution >= 4 is 20.9 Å². The van der Waals surface area contributed by atoms with Gasteiger partial charge in [-0.05, 0) is 18.6 Å². The van der Waals surface area contributed by atoms with E-state index in [9.17, 15) is 8.42 Å². The number of rotatable bonds is 5. The first-order valence-electron chi connectivity index (χ1n) is 10.4. The summed E-state index contributed by atoms with van der Waals surface area (Å²) in [5.41, 5.74) is 2.49. The quantitative estimate of drug-likeness (QED) is 0.618. The molecule has 0 amide bonds. The monoisotopic (exact) mass is 428 g/mol. The fourth-order valence-corrected chi connectivity index (χ4v) is 6.28. The van der Waals surface area contributed by atoms with Crippen molar-refractivity contribution in [2.24, 2.45) is 12.5 Å². The molecule has 8 nitrogen and oxygen atoms in total. The second kappa shape index (κ2) is 6.90. The number of aromatic nitrogens is 4. The van der Waals surface area contributed by atoms with E-state index in [1.54, 1.807) is 10.6 Å². The zero-order valence-corrected chi connectivity index (χ0v) is 18.5. The van der Waals surface area contributed by atoms with Gasteiger partial charge in [0.1, 0.15) is 12.2 Å². The lowest BCUT2D eigenvalue weighted by atomic mass is 9.71. The molecular formula is C21H28N6O2S. The number of nitrogens with zero attached hydrogens (tertiary/aromatic N) is 6. The number of hydrogen-bond donors (Lipinski definition) is 0. The molecule has 30 heavy (non-hydrogen) atoms. The first-order valence-corrected chi connectivity index (χ1v) is 12.2. The van der Waals surface area contributed by atoms with Crippen LogP contribution >= 0.6 is 0 Å². The highest BCUT2D eigenvalue weighted by Gasteiger charge is 2.57. The third kappa shape index (κ3) is 3.07. The molecule has 2 aliphatic rings. The average molecular weight is 429 g/mol. The number of aryl methyl sites for hydroxylation is 2. The van der Waals surface area contributed by atoms with E-state index in [0.29, 0.717) is 13.1 Å². The average Bonchev–Trinajstić information content (AvgIpc) is 3.36. The van der Waals surface area contributed by atoms with Gasteiger partial charge >= 0.3 is 0 Å². The van der Waals surface area contributed by atoms with Crippen molar-refractivity contribution in [3.8, 4) is 0 Å². The molecule has 2 aliphatic heterocycles. The van der Waals surface area contributed by atoms with E-state index < -0.39 is 10.0 Å². The third-order valence-electron chi connectivity index (χ3n) is 6.83. The predicted molar refractivity (Wildman–Crippen MR) is 115 cm³/mol. The van der Waals surface area contributed by atoms with E-state index in [4.69, 9.17) is 0 Å². The molecule has 160 valence electrons. The van der Waals surface area contributed by atoms with Crippen LogP contribution in [-0.4, -0.2) is 69.4 Å². The Bertz CT molecular complexity index is 1190. The lowest BCUT2D eigenvalue weighted by Gasteiger charge is -2.50. The van der Waals surface area contributed by atoms with Crippen molar-refractivity contribution in [3.05, 3.63) is 48.2 Å². The van der Waals surface area contributed by atoms with E-state index in [0.717, 1.165) is 32.0 Å². The summed E-state index contributed by atoms with van der Waals surface area (Å²) in [6, 6.07) is 8.54. The Hall–Kier alpha value is -2.23. The van der Waals surface area contributed by atoms with E-state index >= 15 is 0 Å². The Labute approximate surface area is 177 Å². The van der Waals surface area contributed by atoms with Gasteiger partial charge in [0, 0.05) is 74.7 Å². The molecule has 1 unspecified atom stereocenters. The molecule has 9 heteroatoms. The number of sulfonamides is 1. The van der Waals surface area contributed by atoms with Crippen molar-refractivity contribution in [2.75, 3.05) is 32.4 Å². The summed E-state index contributed by atoms with van der Waals surface area (Å²) >= 11 is 0. The first kappa shape index (κ1) is 19.7. The van der Waals surface area contributed by atoms with Crippen molar-refractivity contribution in [3.63, 3.8) is 0 Å². The maximum Gasteiger partial charge on any atom is 0.211 e. The lowest BCUT2D eigenvalue weighted by Crippen LogP contribution is -2.59. The van der Waals surface area contributed by atoms with Crippen LogP contribution in [0.2, 0.25) is 0 Å². The van der Waals surface area contributed by atoms with Crippen LogP contribution in [0.25, 0.3) is 10.9 Å². The van der Waals surface area contributed by atoms with Crippen LogP contribution in [0, 0.1) is 5.41 Å². The number of benzene rings is 1. The topological polar surface area (TPSA) is 76.3 Å². The minimum Gasteiger partial charge on any atom is -0.347 e. The number of hydrogen-bond acceptors (Lipinski definition) is 5. The van der Waals surface area contributed by atoms with Crippen LogP contribution in [0.1, 0.15) is 24.2 Å². The summed E-state index contributed by atoms with van der Waals surface area (Å²) in [7, 11) is -1.31. The lowest BCUT2D eigenvalue weighted by molar-refractivity contribution is -0.00766. The van der Waals surface area contributed by atoms with Gasteiger partial charge in [0.15, 0.2) is 0 Å². The zero-order chi connectivity index (χ0) is 21.1. The van der Waals surface area contributed by atoms with E-state index in [1.807, 2.05) is 11.6 Å². The molecule has 1 spiro atoms. The molecule has 1 atom stereocenters. The normalized spacial score (nSPS) is 22.2. The minimum absolute atomic E-state index is 0.0629. The van der Waals surface area contributed by atoms with Gasteiger partial charge in [0.2, 0.25) is 10.0 Å². The van der Waals surface area contributed by atoms with Gasteiger partial charge in [0.05, 0.1) is 6.26 Å². The molecule has 2 saturated heterocycles. The molecular weight excluding hydrogens is 400 g/mol. The second-order valence-electron chi connectivity index (χ2n) is 8.87. The van der Waals surface area contributed by atoms with Gasteiger partial charge in [-0.1, -0.05) is 18.2 Å². The Kier molecular flexibility index (Phi) is 4.53. The van der Waals surface area contributed by atoms with Crippen LogP contribution in [0.4, 0.5) is 0 Å². The first-order chi connectivity index (χ1) is 14.3. The third-order valence-corrected chi connectivity index (χ3v) is 8.04. The van der Waals surface area contributed by atoms with Crippen LogP contribution in [0.15, 0.2) is 36.8 Å². The highest BCUT2D eigenvalue weighted by atomic mass is 32.2. The molecule has 3 aromatic rings. The van der Waals surface area contributed by atoms with Gasteiger partial charge in [-0.25, -0.2) is 12.7 Å². The van der Waals surface area contributed by atoms with Crippen LogP contribution in [0.5, 0.6) is 0 Å². The highest BCUT2D eigenvalue weighted by Crippen LogP contribution is 2.49. The van der Waals surface area contributed by atoms with Gasteiger partial charge in [-0.3, -0.25) is 4.90 Å². The van der Waals surface area contributed by atoms with Gasteiger partial charge in [0.25, 0.3) is 0 Å². The molecule has 2 fully saturated rings. The van der Waals surface area contributed by atoms with Crippen LogP contribution in [0.3, 0.4) is 0 Å². The number of para-hydroxylation sites is 1. The van der Waals surface area contributed by atoms with Crippen LogP contribution in [-0.2, 0) is 30.2 Å². The molecule has 5 rings (SSSR count). The molecule has 0 N–H and O–H groups in total. The van der Waals surface area contributed by atoms with Crippen molar-refractivity contribution in [1.29, 1.82) is 0 Å². The van der Waals surface area contributed by atoms with Crippen molar-refractivity contribution < 1.29 is 8.42 Å². The van der Waals surface area contributed by atoms with Crippen LogP contribution < -0.4 is 0 Å². The second-order valence-corrected chi connectivity index (χ2v) is 10.9. The molecule has 0 aliphatic carbocycles. The Morgan fingerprint density at radius 3 is 2.63 bits per heavy atom. The summed E-state index contributed by atoms with van der Waals surface area (Å²) < 4.78 is 30.4. The highest BCUT2D eigenvalue weighted by molar-refractivity contribution is 7.88. The smallest absolute Gasteiger partial charge is 0.211 e. The zero-order valence-electron chi connectivity index (χ0n) is 17.7. The SMILES string of the molecule is CCn1cc(CN2CC3(C2)CN(S(C)(=O)=O)CC3c2nncn2C)c2ccccc21. The summed E-state index contributed by atoms with van der Waals surface area (Å²) in [5, 5.41) is 9.67. The fraction of sp³-hybridized carbons (Fsp3) is 0.524. The summed E-state index contributed by atoms with van der Waals surface area (Å²) in [4.78, 5) is 2.43. The molecule has 1 aromatic carbocycles. The van der Waals surface area contributed by atoms with Crippen molar-refractivity contribution in [2.45, 2.75) is 25.9 Å². The number of fused-ring (bicyclic) bond motifs is 1. The number of likely N-dealkylation sites (tertiary alicyclic amines) is 1. The Balaban J connectivity index is 1.40. The predicted octanol–water partition coefficient (Wildman–Crippen LogP) is 1.65. The summed E-state index contributed by atoms with van der Waals surface area (Å²) in [6.45, 7) is 6.75. The summed E-state index contributed by atoms with van der Waals surface area (Å²) in [6.07, 6.45) is 5.26. The van der Waals surface area contributed by atoms with Gasteiger partial charge in [-0.15, -0.1) is 10.2 Å². The largest absolute Gasteiger partial charge is 0.347 e. The molecule has 2 aromatic heterocycles. The van der Waals surface area contributed by atoms with Gasteiger partial charge in [-0.2, -0.15) is 0 Å². The summed E-state index contributed by atoms with van der Waals surface area (Å²) in [5.74, 6) is 0.941. The Morgan fingerprint density at radius 2 is 1.97 bits per heavy atom. The molecule has 0 saturated carbocycles. The molecule has 0 bridgehead atoms. The van der Waals surface area contributed by atoms with E-state index in [2.05, 4.69) is 57.1 Å². The molecule has 0 radical (unpaired) electrons. The maximum absolute atomic E-state index is 12.3. The fourth-order valence-electron chi connectivity index (χ4n) is 5.37. The molecule has 4 heterocycles. The van der Waals surface area contributed by atoms with E-state index in [1.165, 1.54) is 22.7 Å². The standard InChI is InChI=1S/C21H28N6O2S/c1-4-26-10-16(17-7-5-6-8-19(17)26)9-25-12-21(13-25)14-27(30(3,28)29)11-18(21)20-23-22-15-24(20)2/h5-8,10,15,18H,4,9,11-14H2,1-3H3. The van der Waals surface area contributed by atoms with Crippen molar-refractivity contribution in [1.82, 2.24) is 28.5 Å². The maximum atomic E-state index is 12.3.